The van der Waals surface area contributed by atoms with Gasteiger partial charge in [0, 0.05) is 24.2 Å². The molecule has 0 radical (unpaired) electrons. The summed E-state index contributed by atoms with van der Waals surface area (Å²) in [5.74, 6) is 2.78. The SMILES string of the molecule is Cn1cc(/C=C2\C[C@H]3[C@@H]4CC[C@@H]5C[C@@H](O)CC[C@]5(C)[C@H]4CC[C@]3(C)[C@H]2O)cn1. The summed E-state index contributed by atoms with van der Waals surface area (Å²) in [7, 11) is 1.94. The molecule has 8 atom stereocenters. The lowest BCUT2D eigenvalue weighted by atomic mass is 9.45. The van der Waals surface area contributed by atoms with Gasteiger partial charge in [-0.05, 0) is 86.0 Å². The number of fused-ring (bicyclic) bond motifs is 5. The molecule has 0 saturated heterocycles. The Morgan fingerprint density at radius 3 is 2.61 bits per heavy atom. The summed E-state index contributed by atoms with van der Waals surface area (Å²) in [6, 6.07) is 0. The first kappa shape index (κ1) is 18.9. The summed E-state index contributed by atoms with van der Waals surface area (Å²) in [5, 5.41) is 25.8. The molecule has 4 nitrogen and oxygen atoms in total. The van der Waals surface area contributed by atoms with Gasteiger partial charge in [0.2, 0.25) is 0 Å². The lowest BCUT2D eigenvalue weighted by molar-refractivity contribution is -0.133. The summed E-state index contributed by atoms with van der Waals surface area (Å²) >= 11 is 0. The molecule has 2 N–H and O–H groups in total. The van der Waals surface area contributed by atoms with Crippen molar-refractivity contribution < 1.29 is 10.2 Å². The topological polar surface area (TPSA) is 58.3 Å². The lowest BCUT2D eigenvalue weighted by Gasteiger charge is -2.60. The largest absolute Gasteiger partial charge is 0.393 e. The Labute approximate surface area is 169 Å². The Hall–Kier alpha value is -1.13. The van der Waals surface area contributed by atoms with Gasteiger partial charge in [0.15, 0.2) is 0 Å². The van der Waals surface area contributed by atoms with E-state index in [2.05, 4.69) is 25.0 Å². The molecule has 0 amide bonds. The van der Waals surface area contributed by atoms with Gasteiger partial charge in [0.25, 0.3) is 0 Å². The van der Waals surface area contributed by atoms with Crippen molar-refractivity contribution in [3.63, 3.8) is 0 Å². The molecule has 4 fully saturated rings. The van der Waals surface area contributed by atoms with Crippen LogP contribution in [-0.4, -0.2) is 32.2 Å². The van der Waals surface area contributed by atoms with E-state index in [1.807, 2.05) is 24.1 Å². The molecule has 0 aliphatic heterocycles. The van der Waals surface area contributed by atoms with E-state index in [1.165, 1.54) is 31.3 Å². The fourth-order valence-electron chi connectivity index (χ4n) is 7.96. The molecule has 4 aliphatic carbocycles. The van der Waals surface area contributed by atoms with E-state index >= 15 is 0 Å². The van der Waals surface area contributed by atoms with E-state index in [1.54, 1.807) is 0 Å². The smallest absolute Gasteiger partial charge is 0.0809 e. The predicted octanol–water partition coefficient (Wildman–Crippen LogP) is 4.18. The van der Waals surface area contributed by atoms with E-state index in [-0.39, 0.29) is 17.6 Å². The molecular formula is C24H36N2O2. The van der Waals surface area contributed by atoms with Gasteiger partial charge >= 0.3 is 0 Å². The van der Waals surface area contributed by atoms with Crippen molar-refractivity contribution in [2.24, 2.45) is 41.5 Å². The zero-order chi connectivity index (χ0) is 19.7. The fourth-order valence-corrected chi connectivity index (χ4v) is 7.96. The number of hydrogen-bond acceptors (Lipinski definition) is 3. The van der Waals surface area contributed by atoms with Crippen molar-refractivity contribution in [3.8, 4) is 0 Å². The second-order valence-electron chi connectivity index (χ2n) is 10.9. The molecule has 1 heterocycles. The summed E-state index contributed by atoms with van der Waals surface area (Å²) in [4.78, 5) is 0. The molecule has 28 heavy (non-hydrogen) atoms. The third kappa shape index (κ3) is 2.67. The second kappa shape index (κ2) is 6.43. The molecule has 0 bridgehead atoms. The highest BCUT2D eigenvalue weighted by Gasteiger charge is 2.61. The van der Waals surface area contributed by atoms with Gasteiger partial charge in [-0.3, -0.25) is 4.68 Å². The first-order chi connectivity index (χ1) is 13.3. The molecule has 1 aromatic heterocycles. The Balaban J connectivity index is 1.44. The third-order valence-corrected chi connectivity index (χ3v) is 9.58. The monoisotopic (exact) mass is 384 g/mol. The Bertz CT molecular complexity index is 785. The average Bonchev–Trinajstić information content (AvgIpc) is 3.18. The average molecular weight is 385 g/mol. The molecule has 4 heteroatoms. The minimum absolute atomic E-state index is 0.0204. The summed E-state index contributed by atoms with van der Waals surface area (Å²) in [5.41, 5.74) is 2.73. The van der Waals surface area contributed by atoms with Gasteiger partial charge in [-0.2, -0.15) is 5.10 Å². The number of hydrogen-bond donors (Lipinski definition) is 2. The number of nitrogens with zero attached hydrogens (tertiary/aromatic N) is 2. The standard InChI is InChI=1S/C24H36N2O2/c1-23-8-6-18(27)12-17(23)4-5-19-20(23)7-9-24(2)21(19)11-16(22(24)28)10-15-13-25-26(3)14-15/h10,13-14,17-22,27-28H,4-9,11-12H2,1-3H3/b16-10+/t17-,18+,19-,20+,21+,22+,23+,24+/m1/s1. The Morgan fingerprint density at radius 2 is 1.86 bits per heavy atom. The van der Waals surface area contributed by atoms with Crippen LogP contribution in [0.3, 0.4) is 0 Å². The van der Waals surface area contributed by atoms with Crippen molar-refractivity contribution in [3.05, 3.63) is 23.5 Å². The van der Waals surface area contributed by atoms with Crippen LogP contribution < -0.4 is 0 Å². The molecule has 0 spiro atoms. The van der Waals surface area contributed by atoms with Crippen molar-refractivity contribution >= 4 is 6.08 Å². The van der Waals surface area contributed by atoms with Crippen LogP contribution in [0.15, 0.2) is 18.0 Å². The van der Waals surface area contributed by atoms with Crippen LogP contribution in [0.4, 0.5) is 0 Å². The van der Waals surface area contributed by atoms with Crippen molar-refractivity contribution in [1.29, 1.82) is 0 Å². The summed E-state index contributed by atoms with van der Waals surface area (Å²) in [6.45, 7) is 4.88. The lowest BCUT2D eigenvalue weighted by Crippen LogP contribution is -2.54. The minimum Gasteiger partial charge on any atom is -0.393 e. The number of rotatable bonds is 1. The van der Waals surface area contributed by atoms with E-state index in [0.29, 0.717) is 17.3 Å². The van der Waals surface area contributed by atoms with Crippen LogP contribution in [0.1, 0.15) is 70.8 Å². The molecule has 154 valence electrons. The zero-order valence-electron chi connectivity index (χ0n) is 17.6. The third-order valence-electron chi connectivity index (χ3n) is 9.58. The number of aliphatic hydroxyl groups excluding tert-OH is 2. The highest BCUT2D eigenvalue weighted by molar-refractivity contribution is 5.54. The van der Waals surface area contributed by atoms with Gasteiger partial charge in [0.1, 0.15) is 0 Å². The maximum atomic E-state index is 11.3. The highest BCUT2D eigenvalue weighted by Crippen LogP contribution is 2.67. The van der Waals surface area contributed by atoms with Crippen molar-refractivity contribution in [2.75, 3.05) is 0 Å². The Kier molecular flexibility index (Phi) is 4.34. The molecule has 0 unspecified atom stereocenters. The first-order valence-electron chi connectivity index (χ1n) is 11.4. The van der Waals surface area contributed by atoms with Gasteiger partial charge in [-0.25, -0.2) is 0 Å². The fraction of sp³-hybridized carbons (Fsp3) is 0.792. The Morgan fingerprint density at radius 1 is 1.07 bits per heavy atom. The quantitative estimate of drug-likeness (QED) is 0.764. The molecular weight excluding hydrogens is 348 g/mol. The van der Waals surface area contributed by atoms with Gasteiger partial charge in [-0.15, -0.1) is 0 Å². The molecule has 5 rings (SSSR count). The molecule has 4 saturated carbocycles. The van der Waals surface area contributed by atoms with Crippen molar-refractivity contribution in [1.82, 2.24) is 9.78 Å². The maximum Gasteiger partial charge on any atom is 0.0809 e. The van der Waals surface area contributed by atoms with Crippen LogP contribution in [0.5, 0.6) is 0 Å². The van der Waals surface area contributed by atoms with Gasteiger partial charge < -0.3 is 10.2 Å². The second-order valence-corrected chi connectivity index (χ2v) is 10.9. The summed E-state index contributed by atoms with van der Waals surface area (Å²) in [6.07, 6.45) is 14.9. The van der Waals surface area contributed by atoms with Gasteiger partial charge in [0.05, 0.1) is 18.4 Å². The normalized spacial score (nSPS) is 49.5. The molecule has 0 aromatic carbocycles. The van der Waals surface area contributed by atoms with E-state index in [0.717, 1.165) is 43.1 Å². The minimum atomic E-state index is -0.322. The number of aliphatic hydroxyl groups is 2. The van der Waals surface area contributed by atoms with E-state index in [9.17, 15) is 10.2 Å². The van der Waals surface area contributed by atoms with E-state index < -0.39 is 0 Å². The first-order valence-corrected chi connectivity index (χ1v) is 11.4. The highest BCUT2D eigenvalue weighted by atomic mass is 16.3. The predicted molar refractivity (Wildman–Crippen MR) is 110 cm³/mol. The van der Waals surface area contributed by atoms with Crippen LogP contribution in [-0.2, 0) is 7.05 Å². The van der Waals surface area contributed by atoms with Gasteiger partial charge in [-0.1, -0.05) is 19.9 Å². The molecule has 4 aliphatic rings. The van der Waals surface area contributed by atoms with Crippen LogP contribution >= 0.6 is 0 Å². The molecule has 1 aromatic rings. The van der Waals surface area contributed by atoms with Crippen molar-refractivity contribution in [2.45, 2.75) is 77.4 Å². The van der Waals surface area contributed by atoms with Crippen LogP contribution in [0.25, 0.3) is 6.08 Å². The van der Waals surface area contributed by atoms with Crippen LogP contribution in [0, 0.1) is 34.5 Å². The zero-order valence-corrected chi connectivity index (χ0v) is 17.6. The van der Waals surface area contributed by atoms with E-state index in [4.69, 9.17) is 0 Å². The number of aromatic nitrogens is 2. The number of aryl methyl sites for hydroxylation is 1. The van der Waals surface area contributed by atoms with Crippen LogP contribution in [0.2, 0.25) is 0 Å². The summed E-state index contributed by atoms with van der Waals surface area (Å²) < 4.78 is 1.83. The maximum absolute atomic E-state index is 11.3.